The second-order valence-electron chi connectivity index (χ2n) is 4.77. The van der Waals surface area contributed by atoms with Crippen molar-refractivity contribution in [1.29, 1.82) is 0 Å². The number of nitrogens with zero attached hydrogens (tertiary/aromatic N) is 4. The van der Waals surface area contributed by atoms with Crippen molar-refractivity contribution in [2.75, 3.05) is 17.3 Å². The second kappa shape index (κ2) is 5.14. The van der Waals surface area contributed by atoms with Gasteiger partial charge in [-0.25, -0.2) is 9.50 Å². The van der Waals surface area contributed by atoms with Gasteiger partial charge in [0.2, 0.25) is 0 Å². The first-order valence-corrected chi connectivity index (χ1v) is 7.05. The average Bonchev–Trinajstić information content (AvgIpc) is 2.74. The van der Waals surface area contributed by atoms with Crippen LogP contribution in [0.3, 0.4) is 0 Å². The lowest BCUT2D eigenvalue weighted by molar-refractivity contribution is 0.616. The van der Waals surface area contributed by atoms with Crippen LogP contribution in [-0.2, 0) is 0 Å². The Morgan fingerprint density at radius 2 is 2.22 bits per heavy atom. The quantitative estimate of drug-likeness (QED) is 0.782. The molecular weight excluding hydrogens is 248 g/mol. The molecule has 1 unspecified atom stereocenters. The van der Waals surface area contributed by atoms with Gasteiger partial charge >= 0.3 is 0 Å². The van der Waals surface area contributed by atoms with Crippen LogP contribution in [0.5, 0.6) is 0 Å². The lowest BCUT2D eigenvalue weighted by Gasteiger charge is -2.29. The average molecular weight is 265 g/mol. The molecule has 1 aliphatic rings. The number of hydrogen-bond donors (Lipinski definition) is 0. The van der Waals surface area contributed by atoms with Crippen LogP contribution in [0.4, 0.5) is 5.82 Å². The van der Waals surface area contributed by atoms with Crippen LogP contribution in [-0.4, -0.2) is 33.1 Å². The first-order valence-electron chi connectivity index (χ1n) is 6.51. The van der Waals surface area contributed by atoms with E-state index in [1.165, 1.54) is 19.3 Å². The Balaban J connectivity index is 1.94. The van der Waals surface area contributed by atoms with Crippen molar-refractivity contribution < 1.29 is 0 Å². The third-order valence-corrected chi connectivity index (χ3v) is 3.95. The predicted molar refractivity (Wildman–Crippen MR) is 73.3 cm³/mol. The summed E-state index contributed by atoms with van der Waals surface area (Å²) in [6.07, 6.45) is 8.68. The third-order valence-electron chi connectivity index (χ3n) is 3.59. The Morgan fingerprint density at radius 1 is 1.28 bits per heavy atom. The van der Waals surface area contributed by atoms with Crippen molar-refractivity contribution in [2.45, 2.75) is 31.7 Å². The van der Waals surface area contributed by atoms with Gasteiger partial charge in [-0.2, -0.15) is 5.10 Å². The fourth-order valence-electron chi connectivity index (χ4n) is 2.60. The number of hydrogen-bond acceptors (Lipinski definition) is 3. The van der Waals surface area contributed by atoms with Gasteiger partial charge in [0.15, 0.2) is 5.65 Å². The molecule has 0 radical (unpaired) electrons. The van der Waals surface area contributed by atoms with Crippen LogP contribution in [0.15, 0.2) is 24.5 Å². The summed E-state index contributed by atoms with van der Waals surface area (Å²) in [6, 6.07) is 4.37. The molecule has 96 valence electrons. The molecule has 1 aliphatic heterocycles. The van der Waals surface area contributed by atoms with Gasteiger partial charge in [0, 0.05) is 30.7 Å². The van der Waals surface area contributed by atoms with E-state index < -0.39 is 0 Å². The Morgan fingerprint density at radius 3 is 3.11 bits per heavy atom. The SMILES string of the molecule is ClCC1CCCCCN1c1ccn2nccc2n1. The minimum absolute atomic E-state index is 0.409. The molecule has 0 aliphatic carbocycles. The number of rotatable bonds is 2. The van der Waals surface area contributed by atoms with Crippen molar-refractivity contribution >= 4 is 23.1 Å². The monoisotopic (exact) mass is 264 g/mol. The molecule has 2 aromatic rings. The number of aromatic nitrogens is 3. The van der Waals surface area contributed by atoms with Gasteiger partial charge in [-0.15, -0.1) is 11.6 Å². The Hall–Kier alpha value is -1.29. The largest absolute Gasteiger partial charge is 0.352 e. The van der Waals surface area contributed by atoms with Gasteiger partial charge in [-0.3, -0.25) is 0 Å². The predicted octanol–water partition coefficient (Wildman–Crippen LogP) is 2.72. The van der Waals surface area contributed by atoms with E-state index in [0.29, 0.717) is 11.9 Å². The second-order valence-corrected chi connectivity index (χ2v) is 5.08. The first-order chi connectivity index (χ1) is 8.88. The Kier molecular flexibility index (Phi) is 3.37. The molecular formula is C13H17ClN4. The van der Waals surface area contributed by atoms with Crippen molar-refractivity contribution in [1.82, 2.24) is 14.6 Å². The third kappa shape index (κ3) is 2.17. The minimum atomic E-state index is 0.409. The smallest absolute Gasteiger partial charge is 0.157 e. The summed E-state index contributed by atoms with van der Waals surface area (Å²) in [5, 5.41) is 4.17. The fraction of sp³-hybridized carbons (Fsp3) is 0.538. The summed E-state index contributed by atoms with van der Waals surface area (Å²) in [5.41, 5.74) is 0.894. The van der Waals surface area contributed by atoms with E-state index in [0.717, 1.165) is 24.4 Å². The molecule has 1 atom stereocenters. The van der Waals surface area contributed by atoms with Crippen LogP contribution >= 0.6 is 11.6 Å². The molecule has 3 heterocycles. The lowest BCUT2D eigenvalue weighted by Crippen LogP contribution is -2.36. The van der Waals surface area contributed by atoms with Crippen molar-refractivity contribution in [3.05, 3.63) is 24.5 Å². The molecule has 0 saturated carbocycles. The van der Waals surface area contributed by atoms with Gasteiger partial charge in [0.05, 0.1) is 6.20 Å². The van der Waals surface area contributed by atoms with Crippen LogP contribution in [0.1, 0.15) is 25.7 Å². The Bertz CT molecular complexity index is 524. The van der Waals surface area contributed by atoms with Gasteiger partial charge in [-0.1, -0.05) is 12.8 Å². The van der Waals surface area contributed by atoms with Crippen molar-refractivity contribution in [3.8, 4) is 0 Å². The molecule has 0 spiro atoms. The number of fused-ring (bicyclic) bond motifs is 1. The number of anilines is 1. The highest BCUT2D eigenvalue weighted by molar-refractivity contribution is 6.18. The maximum Gasteiger partial charge on any atom is 0.157 e. The van der Waals surface area contributed by atoms with Crippen LogP contribution < -0.4 is 4.90 Å². The van der Waals surface area contributed by atoms with Gasteiger partial charge < -0.3 is 4.90 Å². The van der Waals surface area contributed by atoms with E-state index in [4.69, 9.17) is 11.6 Å². The molecule has 0 N–H and O–H groups in total. The van der Waals surface area contributed by atoms with Crippen LogP contribution in [0, 0.1) is 0 Å². The van der Waals surface area contributed by atoms with Gasteiger partial charge in [0.1, 0.15) is 5.82 Å². The van der Waals surface area contributed by atoms with Gasteiger partial charge in [-0.05, 0) is 18.9 Å². The topological polar surface area (TPSA) is 33.4 Å². The molecule has 1 saturated heterocycles. The lowest BCUT2D eigenvalue weighted by atomic mass is 10.1. The van der Waals surface area contributed by atoms with E-state index in [9.17, 15) is 0 Å². The van der Waals surface area contributed by atoms with Gasteiger partial charge in [0.25, 0.3) is 0 Å². The Labute approximate surface area is 112 Å². The summed E-state index contributed by atoms with van der Waals surface area (Å²) in [5.74, 6) is 1.70. The highest BCUT2D eigenvalue weighted by Crippen LogP contribution is 2.23. The molecule has 4 nitrogen and oxygen atoms in total. The summed E-state index contributed by atoms with van der Waals surface area (Å²) in [4.78, 5) is 7.02. The van der Waals surface area contributed by atoms with E-state index in [1.807, 2.05) is 18.3 Å². The highest BCUT2D eigenvalue weighted by Gasteiger charge is 2.21. The van der Waals surface area contributed by atoms with E-state index >= 15 is 0 Å². The van der Waals surface area contributed by atoms with E-state index in [-0.39, 0.29) is 0 Å². The highest BCUT2D eigenvalue weighted by atomic mass is 35.5. The zero-order valence-corrected chi connectivity index (χ0v) is 11.1. The summed E-state index contributed by atoms with van der Waals surface area (Å²) in [6.45, 7) is 1.05. The molecule has 0 aromatic carbocycles. The van der Waals surface area contributed by atoms with Crippen LogP contribution in [0.25, 0.3) is 5.65 Å². The zero-order valence-electron chi connectivity index (χ0n) is 10.3. The fourth-order valence-corrected chi connectivity index (χ4v) is 2.92. The molecule has 0 amide bonds. The number of alkyl halides is 1. The maximum absolute atomic E-state index is 6.11. The summed E-state index contributed by atoms with van der Waals surface area (Å²) in [7, 11) is 0. The summed E-state index contributed by atoms with van der Waals surface area (Å²) >= 11 is 6.11. The normalized spacial score (nSPS) is 21.2. The zero-order chi connectivity index (χ0) is 12.4. The maximum atomic E-state index is 6.11. The molecule has 18 heavy (non-hydrogen) atoms. The molecule has 0 bridgehead atoms. The van der Waals surface area contributed by atoms with Crippen molar-refractivity contribution in [2.24, 2.45) is 0 Å². The first kappa shape index (κ1) is 11.8. The van der Waals surface area contributed by atoms with E-state index in [1.54, 1.807) is 10.7 Å². The molecule has 3 rings (SSSR count). The van der Waals surface area contributed by atoms with E-state index in [2.05, 4.69) is 15.0 Å². The molecule has 1 fully saturated rings. The summed E-state index contributed by atoms with van der Waals surface area (Å²) < 4.78 is 1.79. The van der Waals surface area contributed by atoms with Crippen LogP contribution in [0.2, 0.25) is 0 Å². The standard InChI is InChI=1S/C13H17ClN4/c14-10-11-4-2-1-3-8-17(11)12-6-9-18-13(16-12)5-7-15-18/h5-7,9,11H,1-4,8,10H2. The van der Waals surface area contributed by atoms with Crippen molar-refractivity contribution in [3.63, 3.8) is 0 Å². The minimum Gasteiger partial charge on any atom is -0.352 e. The number of halogens is 1. The molecule has 2 aromatic heterocycles. The molecule has 5 heteroatoms.